The van der Waals surface area contributed by atoms with Crippen LogP contribution in [0.25, 0.3) is 0 Å². The van der Waals surface area contributed by atoms with Gasteiger partial charge < -0.3 is 5.32 Å². The van der Waals surface area contributed by atoms with Gasteiger partial charge in [-0.05, 0) is 30.7 Å². The second kappa shape index (κ2) is 8.93. The monoisotopic (exact) mass is 430 g/mol. The van der Waals surface area contributed by atoms with Crippen LogP contribution in [0.1, 0.15) is 22.3 Å². The summed E-state index contributed by atoms with van der Waals surface area (Å²) >= 11 is 1.26. The molecule has 0 atom stereocenters. The van der Waals surface area contributed by atoms with Gasteiger partial charge in [-0.2, -0.15) is 0 Å². The van der Waals surface area contributed by atoms with Gasteiger partial charge in [0.2, 0.25) is 11.0 Å². The molecule has 8 nitrogen and oxygen atoms in total. The Kier molecular flexibility index (Phi) is 6.35. The third-order valence-electron chi connectivity index (χ3n) is 3.86. The number of nitrogens with zero attached hydrogens (tertiary/aromatic N) is 2. The SMILES string of the molecule is CCc1nnc(NC(=O)c2ccccc2NC(=O)CS(=O)(=O)c2ccccc2)s1. The van der Waals surface area contributed by atoms with Crippen molar-refractivity contribution in [2.45, 2.75) is 18.2 Å². The minimum atomic E-state index is -3.79. The predicted octanol–water partition coefficient (Wildman–Crippen LogP) is 2.77. The highest BCUT2D eigenvalue weighted by molar-refractivity contribution is 7.92. The van der Waals surface area contributed by atoms with Crippen LogP contribution in [0.2, 0.25) is 0 Å². The first-order valence-corrected chi connectivity index (χ1v) is 11.2. The molecule has 0 aliphatic rings. The van der Waals surface area contributed by atoms with Crippen molar-refractivity contribution >= 4 is 43.8 Å². The number of sulfone groups is 1. The first-order chi connectivity index (χ1) is 13.9. The third kappa shape index (κ3) is 5.24. The van der Waals surface area contributed by atoms with E-state index in [2.05, 4.69) is 20.8 Å². The predicted molar refractivity (Wildman–Crippen MR) is 111 cm³/mol. The summed E-state index contributed by atoms with van der Waals surface area (Å²) in [4.78, 5) is 25.0. The maximum Gasteiger partial charge on any atom is 0.259 e. The number of hydrogen-bond donors (Lipinski definition) is 2. The number of carbonyl (C=O) groups excluding carboxylic acids is 2. The molecule has 0 fully saturated rings. The number of anilines is 2. The van der Waals surface area contributed by atoms with Crippen molar-refractivity contribution in [3.05, 3.63) is 65.2 Å². The molecule has 0 radical (unpaired) electrons. The van der Waals surface area contributed by atoms with Crippen molar-refractivity contribution in [2.24, 2.45) is 0 Å². The molecule has 0 saturated heterocycles. The summed E-state index contributed by atoms with van der Waals surface area (Å²) in [6.45, 7) is 1.93. The van der Waals surface area contributed by atoms with Crippen LogP contribution in [0.5, 0.6) is 0 Å². The maximum atomic E-state index is 12.6. The van der Waals surface area contributed by atoms with Crippen molar-refractivity contribution in [3.63, 3.8) is 0 Å². The van der Waals surface area contributed by atoms with Gasteiger partial charge in [0.25, 0.3) is 5.91 Å². The zero-order valence-electron chi connectivity index (χ0n) is 15.5. The first-order valence-electron chi connectivity index (χ1n) is 8.69. The largest absolute Gasteiger partial charge is 0.324 e. The van der Waals surface area contributed by atoms with Crippen molar-refractivity contribution in [1.29, 1.82) is 0 Å². The topological polar surface area (TPSA) is 118 Å². The molecule has 0 aliphatic heterocycles. The van der Waals surface area contributed by atoms with E-state index < -0.39 is 27.4 Å². The van der Waals surface area contributed by atoms with Gasteiger partial charge >= 0.3 is 0 Å². The molecule has 0 saturated carbocycles. The lowest BCUT2D eigenvalue weighted by Gasteiger charge is -2.11. The molecule has 10 heteroatoms. The van der Waals surface area contributed by atoms with E-state index in [1.54, 1.807) is 30.3 Å². The molecule has 2 amide bonds. The summed E-state index contributed by atoms with van der Waals surface area (Å²) in [6.07, 6.45) is 0.704. The first kappa shape index (κ1) is 20.6. The van der Waals surface area contributed by atoms with Crippen molar-refractivity contribution in [2.75, 3.05) is 16.4 Å². The van der Waals surface area contributed by atoms with E-state index in [0.717, 1.165) is 5.01 Å². The van der Waals surface area contributed by atoms with Crippen LogP contribution >= 0.6 is 11.3 Å². The van der Waals surface area contributed by atoms with E-state index in [1.165, 1.54) is 35.6 Å². The number of aryl methyl sites for hydroxylation is 1. The molecule has 3 aromatic rings. The van der Waals surface area contributed by atoms with Gasteiger partial charge in [0, 0.05) is 0 Å². The second-order valence-electron chi connectivity index (χ2n) is 5.97. The maximum absolute atomic E-state index is 12.6. The van der Waals surface area contributed by atoms with Crippen LogP contribution in [0.4, 0.5) is 10.8 Å². The van der Waals surface area contributed by atoms with E-state index in [4.69, 9.17) is 0 Å². The molecule has 2 N–H and O–H groups in total. The summed E-state index contributed by atoms with van der Waals surface area (Å²) in [7, 11) is -3.79. The van der Waals surface area contributed by atoms with Crippen molar-refractivity contribution in [3.8, 4) is 0 Å². The molecule has 0 bridgehead atoms. The molecular weight excluding hydrogens is 412 g/mol. The Bertz CT molecular complexity index is 1130. The van der Waals surface area contributed by atoms with Crippen LogP contribution in [-0.2, 0) is 21.1 Å². The Morgan fingerprint density at radius 2 is 1.66 bits per heavy atom. The zero-order chi connectivity index (χ0) is 20.9. The van der Waals surface area contributed by atoms with Crippen LogP contribution in [0, 0.1) is 0 Å². The Morgan fingerprint density at radius 1 is 0.966 bits per heavy atom. The van der Waals surface area contributed by atoms with E-state index in [9.17, 15) is 18.0 Å². The highest BCUT2D eigenvalue weighted by atomic mass is 32.2. The second-order valence-corrected chi connectivity index (χ2v) is 9.03. The summed E-state index contributed by atoms with van der Waals surface area (Å²) < 4.78 is 24.7. The highest BCUT2D eigenvalue weighted by Gasteiger charge is 2.21. The Balaban J connectivity index is 1.73. The molecule has 3 rings (SSSR count). The molecule has 1 aromatic heterocycles. The van der Waals surface area contributed by atoms with Crippen LogP contribution < -0.4 is 10.6 Å². The standard InChI is InChI=1S/C19H18N4O4S2/c1-2-17-22-23-19(28-17)21-18(25)14-10-6-7-11-15(14)20-16(24)12-29(26,27)13-8-4-3-5-9-13/h3-11H,2,12H2,1H3,(H,20,24)(H,21,23,25). The van der Waals surface area contributed by atoms with Gasteiger partial charge in [0.1, 0.15) is 10.8 Å². The quantitative estimate of drug-likeness (QED) is 0.595. The fourth-order valence-electron chi connectivity index (χ4n) is 2.47. The summed E-state index contributed by atoms with van der Waals surface area (Å²) in [5.41, 5.74) is 0.393. The number of hydrogen-bond acceptors (Lipinski definition) is 7. The average molecular weight is 431 g/mol. The Morgan fingerprint density at radius 3 is 2.34 bits per heavy atom. The Labute approximate surface area is 171 Å². The molecule has 150 valence electrons. The fraction of sp³-hybridized carbons (Fsp3) is 0.158. The zero-order valence-corrected chi connectivity index (χ0v) is 17.1. The smallest absolute Gasteiger partial charge is 0.259 e. The molecule has 0 spiro atoms. The Hall–Kier alpha value is -3.11. The highest BCUT2D eigenvalue weighted by Crippen LogP contribution is 2.20. The van der Waals surface area contributed by atoms with Crippen LogP contribution in [-0.4, -0.2) is 36.2 Å². The van der Waals surface area contributed by atoms with Gasteiger partial charge in [-0.15, -0.1) is 10.2 Å². The van der Waals surface area contributed by atoms with Crippen molar-refractivity contribution < 1.29 is 18.0 Å². The number of benzene rings is 2. The molecule has 1 heterocycles. The lowest BCUT2D eigenvalue weighted by atomic mass is 10.1. The summed E-state index contributed by atoms with van der Waals surface area (Å²) in [5.74, 6) is -1.95. The minimum absolute atomic E-state index is 0.0594. The molecule has 2 aromatic carbocycles. The lowest BCUT2D eigenvalue weighted by molar-refractivity contribution is -0.113. The molecular formula is C19H18N4O4S2. The van der Waals surface area contributed by atoms with Gasteiger partial charge in [0.05, 0.1) is 16.1 Å². The number of carbonyl (C=O) groups is 2. The fourth-order valence-corrected chi connectivity index (χ4v) is 4.30. The van der Waals surface area contributed by atoms with Crippen LogP contribution in [0.3, 0.4) is 0 Å². The summed E-state index contributed by atoms with van der Waals surface area (Å²) in [6, 6.07) is 14.0. The van der Waals surface area contributed by atoms with Gasteiger partial charge in [-0.25, -0.2) is 8.42 Å². The van der Waals surface area contributed by atoms with Gasteiger partial charge in [0.15, 0.2) is 9.84 Å². The number of para-hydroxylation sites is 1. The normalized spacial score (nSPS) is 11.1. The summed E-state index contributed by atoms with van der Waals surface area (Å²) in [5, 5.41) is 14.1. The number of nitrogens with one attached hydrogen (secondary N) is 2. The molecule has 0 unspecified atom stereocenters. The minimum Gasteiger partial charge on any atom is -0.324 e. The van der Waals surface area contributed by atoms with Gasteiger partial charge in [-0.1, -0.05) is 48.6 Å². The average Bonchev–Trinajstić information content (AvgIpc) is 3.16. The lowest BCUT2D eigenvalue weighted by Crippen LogP contribution is -2.24. The van der Waals surface area contributed by atoms with E-state index in [0.29, 0.717) is 11.6 Å². The number of rotatable bonds is 7. The van der Waals surface area contributed by atoms with Crippen molar-refractivity contribution in [1.82, 2.24) is 10.2 Å². The number of amides is 2. The molecule has 29 heavy (non-hydrogen) atoms. The molecule has 0 aliphatic carbocycles. The van der Waals surface area contributed by atoms with E-state index in [1.807, 2.05) is 6.92 Å². The third-order valence-corrected chi connectivity index (χ3v) is 6.47. The number of aromatic nitrogens is 2. The van der Waals surface area contributed by atoms with E-state index >= 15 is 0 Å². The van der Waals surface area contributed by atoms with Gasteiger partial charge in [-0.3, -0.25) is 14.9 Å². The van der Waals surface area contributed by atoms with E-state index in [-0.39, 0.29) is 16.1 Å². The van der Waals surface area contributed by atoms with Crippen LogP contribution in [0.15, 0.2) is 59.5 Å².